The third-order valence-electron chi connectivity index (χ3n) is 5.53. The summed E-state index contributed by atoms with van der Waals surface area (Å²) < 4.78 is 32.2. The zero-order valence-electron chi connectivity index (χ0n) is 16.4. The number of methoxy groups -OCH3 is 1. The van der Waals surface area contributed by atoms with Gasteiger partial charge in [-0.1, -0.05) is 6.07 Å². The quantitative estimate of drug-likeness (QED) is 0.724. The van der Waals surface area contributed by atoms with Gasteiger partial charge in [-0.15, -0.1) is 0 Å². The molecule has 0 N–H and O–H groups in total. The molecule has 0 atom stereocenters. The number of fused-ring (bicyclic) bond motifs is 1. The van der Waals surface area contributed by atoms with Gasteiger partial charge in [0.2, 0.25) is 15.8 Å². The minimum atomic E-state index is -3.75. The lowest BCUT2D eigenvalue weighted by molar-refractivity contribution is 0.310. The molecule has 0 saturated carbocycles. The van der Waals surface area contributed by atoms with E-state index < -0.39 is 9.84 Å². The summed E-state index contributed by atoms with van der Waals surface area (Å²) in [5, 5.41) is 0.166. The normalized spacial score (nSPS) is 18.0. The van der Waals surface area contributed by atoms with E-state index in [0.717, 1.165) is 56.7 Å². The lowest BCUT2D eigenvalue weighted by Gasteiger charge is -2.33. The van der Waals surface area contributed by atoms with E-state index in [1.807, 2.05) is 0 Å². The first kappa shape index (κ1) is 19.1. The predicted octanol–water partition coefficient (Wildman–Crippen LogP) is 1.95. The number of anilines is 1. The second-order valence-electron chi connectivity index (χ2n) is 7.43. The minimum Gasteiger partial charge on any atom is -0.497 e. The first-order valence-electron chi connectivity index (χ1n) is 9.71. The van der Waals surface area contributed by atoms with E-state index in [0.29, 0.717) is 18.1 Å². The average Bonchev–Trinajstić information content (AvgIpc) is 2.73. The molecule has 8 heteroatoms. The Morgan fingerprint density at radius 2 is 1.79 bits per heavy atom. The molecule has 0 bridgehead atoms. The summed E-state index contributed by atoms with van der Waals surface area (Å²) in [5.41, 5.74) is 1.67. The number of sulfone groups is 1. The Balaban J connectivity index is 1.81. The van der Waals surface area contributed by atoms with Crippen LogP contribution in [0.2, 0.25) is 0 Å². The van der Waals surface area contributed by atoms with Gasteiger partial charge in [0, 0.05) is 31.7 Å². The second kappa shape index (κ2) is 7.67. The summed E-state index contributed by atoms with van der Waals surface area (Å²) in [6, 6.07) is 6.60. The molecule has 0 radical (unpaired) electrons. The molecule has 2 aliphatic rings. The van der Waals surface area contributed by atoms with Crippen molar-refractivity contribution in [3.63, 3.8) is 0 Å². The molecular weight excluding hydrogens is 376 g/mol. The maximum Gasteiger partial charge on any atom is 0.226 e. The van der Waals surface area contributed by atoms with Gasteiger partial charge in [0.05, 0.1) is 17.7 Å². The number of nitrogens with zero attached hydrogens (tertiary/aromatic N) is 4. The third kappa shape index (κ3) is 3.58. The van der Waals surface area contributed by atoms with Crippen LogP contribution in [0.5, 0.6) is 5.75 Å². The van der Waals surface area contributed by atoms with Crippen LogP contribution >= 0.6 is 0 Å². The van der Waals surface area contributed by atoms with E-state index in [4.69, 9.17) is 9.72 Å². The second-order valence-corrected chi connectivity index (χ2v) is 9.30. The Morgan fingerprint density at radius 1 is 1.04 bits per heavy atom. The molecule has 1 aromatic carbocycles. The number of hydrogen-bond donors (Lipinski definition) is 0. The lowest BCUT2D eigenvalue weighted by Crippen LogP contribution is -2.45. The van der Waals surface area contributed by atoms with Crippen molar-refractivity contribution in [2.75, 3.05) is 45.2 Å². The van der Waals surface area contributed by atoms with Crippen LogP contribution in [-0.4, -0.2) is 63.6 Å². The van der Waals surface area contributed by atoms with Gasteiger partial charge in [-0.2, -0.15) is 0 Å². The highest BCUT2D eigenvalue weighted by atomic mass is 32.2. The summed E-state index contributed by atoms with van der Waals surface area (Å²) in [6.45, 7) is 3.43. The van der Waals surface area contributed by atoms with Crippen molar-refractivity contribution in [1.29, 1.82) is 0 Å². The van der Waals surface area contributed by atoms with Crippen molar-refractivity contribution < 1.29 is 13.2 Å². The molecule has 28 heavy (non-hydrogen) atoms. The fourth-order valence-electron chi connectivity index (χ4n) is 3.80. The first-order valence-corrected chi connectivity index (χ1v) is 11.2. The molecule has 1 aliphatic heterocycles. The fourth-order valence-corrected chi connectivity index (χ4v) is 5.30. The van der Waals surface area contributed by atoms with Crippen molar-refractivity contribution in [2.45, 2.75) is 35.6 Å². The van der Waals surface area contributed by atoms with Crippen molar-refractivity contribution in [3.8, 4) is 5.75 Å². The zero-order chi connectivity index (χ0) is 19.7. The molecular formula is C20H26N4O3S. The Bertz CT molecular complexity index is 969. The van der Waals surface area contributed by atoms with E-state index >= 15 is 0 Å². The molecule has 1 aliphatic carbocycles. The largest absolute Gasteiger partial charge is 0.497 e. The van der Waals surface area contributed by atoms with Crippen LogP contribution in [0.25, 0.3) is 0 Å². The van der Waals surface area contributed by atoms with Gasteiger partial charge in [0.1, 0.15) is 5.75 Å². The number of hydrogen-bond acceptors (Lipinski definition) is 7. The number of ether oxygens (including phenoxy) is 1. The Morgan fingerprint density at radius 3 is 2.54 bits per heavy atom. The van der Waals surface area contributed by atoms with Crippen molar-refractivity contribution in [3.05, 3.63) is 35.5 Å². The third-order valence-corrected chi connectivity index (χ3v) is 7.25. The standard InChI is InChI=1S/C20H26N4O3S/c1-23-10-12-24(13-11-23)20-21-18-9-4-3-8-17(18)19(22-20)28(25,26)16-7-5-6-15(14-16)27-2/h5-7,14H,3-4,8-13H2,1-2H3. The van der Waals surface area contributed by atoms with Crippen LogP contribution in [-0.2, 0) is 22.7 Å². The molecule has 0 spiro atoms. The highest BCUT2D eigenvalue weighted by molar-refractivity contribution is 7.91. The van der Waals surface area contributed by atoms with Crippen LogP contribution in [0.15, 0.2) is 34.2 Å². The molecule has 1 saturated heterocycles. The summed E-state index contributed by atoms with van der Waals surface area (Å²) in [7, 11) is -0.135. The van der Waals surface area contributed by atoms with Crippen molar-refractivity contribution in [2.24, 2.45) is 0 Å². The van der Waals surface area contributed by atoms with Gasteiger partial charge in [0.15, 0.2) is 5.03 Å². The highest BCUT2D eigenvalue weighted by Gasteiger charge is 2.30. The van der Waals surface area contributed by atoms with Gasteiger partial charge in [-0.05, 0) is 50.9 Å². The van der Waals surface area contributed by atoms with E-state index in [1.165, 1.54) is 7.11 Å². The summed E-state index contributed by atoms with van der Waals surface area (Å²) >= 11 is 0. The smallest absolute Gasteiger partial charge is 0.226 e. The Kier molecular flexibility index (Phi) is 5.25. The fraction of sp³-hybridized carbons (Fsp3) is 0.500. The van der Waals surface area contributed by atoms with Gasteiger partial charge in [-0.3, -0.25) is 0 Å². The molecule has 7 nitrogen and oxygen atoms in total. The molecule has 1 fully saturated rings. The van der Waals surface area contributed by atoms with Gasteiger partial charge >= 0.3 is 0 Å². The van der Waals surface area contributed by atoms with Crippen LogP contribution in [0, 0.1) is 0 Å². The lowest BCUT2D eigenvalue weighted by atomic mass is 9.97. The van der Waals surface area contributed by atoms with E-state index in [2.05, 4.69) is 21.8 Å². The molecule has 4 rings (SSSR count). The number of aryl methyl sites for hydroxylation is 1. The molecule has 2 aromatic rings. The number of benzene rings is 1. The van der Waals surface area contributed by atoms with E-state index in [9.17, 15) is 8.42 Å². The van der Waals surface area contributed by atoms with Crippen LogP contribution < -0.4 is 9.64 Å². The summed E-state index contributed by atoms with van der Waals surface area (Å²) in [5.74, 6) is 1.05. The zero-order valence-corrected chi connectivity index (χ0v) is 17.2. The SMILES string of the molecule is COc1cccc(S(=O)(=O)c2nc(N3CCN(C)CC3)nc3c2CCCC3)c1. The van der Waals surface area contributed by atoms with Gasteiger partial charge in [0.25, 0.3) is 0 Å². The van der Waals surface area contributed by atoms with Crippen molar-refractivity contribution in [1.82, 2.24) is 14.9 Å². The van der Waals surface area contributed by atoms with E-state index in [-0.39, 0.29) is 9.92 Å². The first-order chi connectivity index (χ1) is 13.5. The topological polar surface area (TPSA) is 75.6 Å². The molecule has 150 valence electrons. The molecule has 1 aromatic heterocycles. The average molecular weight is 403 g/mol. The Labute approximate surface area is 166 Å². The predicted molar refractivity (Wildman–Crippen MR) is 107 cm³/mol. The van der Waals surface area contributed by atoms with Gasteiger partial charge in [-0.25, -0.2) is 18.4 Å². The molecule has 2 heterocycles. The molecule has 0 amide bonds. The number of rotatable bonds is 4. The maximum atomic E-state index is 13.5. The summed E-state index contributed by atoms with van der Waals surface area (Å²) in [4.78, 5) is 13.9. The number of likely N-dealkylation sites (N-methyl/N-ethyl adjacent to an activating group) is 1. The van der Waals surface area contributed by atoms with Crippen LogP contribution in [0.4, 0.5) is 5.95 Å². The number of aromatic nitrogens is 2. The molecule has 0 unspecified atom stereocenters. The Hall–Kier alpha value is -2.19. The van der Waals surface area contributed by atoms with Gasteiger partial charge < -0.3 is 14.5 Å². The maximum absolute atomic E-state index is 13.5. The number of piperazine rings is 1. The van der Waals surface area contributed by atoms with E-state index in [1.54, 1.807) is 24.3 Å². The van der Waals surface area contributed by atoms with Crippen molar-refractivity contribution >= 4 is 15.8 Å². The van der Waals surface area contributed by atoms with Crippen LogP contribution in [0.3, 0.4) is 0 Å². The summed E-state index contributed by atoms with van der Waals surface area (Å²) in [6.07, 6.45) is 3.51. The monoisotopic (exact) mass is 402 g/mol. The highest BCUT2D eigenvalue weighted by Crippen LogP contribution is 2.32. The minimum absolute atomic E-state index is 0.166. The van der Waals surface area contributed by atoms with Crippen LogP contribution in [0.1, 0.15) is 24.1 Å².